The largest absolute Gasteiger partial charge is 0.357 e. The smallest absolute Gasteiger partial charge is 0.224 e. The number of hydrogen-bond acceptors (Lipinski definition) is 3. The standard InChI is InChI=1S/C16H32N4OS/c1-5-14-13-20(11-12-22-14)16(17-6-2)18-10-9-15(21)19(7-3)8-4/h14H,5-13H2,1-4H3,(H,17,18). The Morgan fingerprint density at radius 3 is 2.64 bits per heavy atom. The van der Waals surface area contributed by atoms with Crippen molar-refractivity contribution in [1.29, 1.82) is 0 Å². The van der Waals surface area contributed by atoms with Gasteiger partial charge in [-0.25, -0.2) is 0 Å². The predicted octanol–water partition coefficient (Wildman–Crippen LogP) is 2.04. The van der Waals surface area contributed by atoms with Gasteiger partial charge in [0.15, 0.2) is 5.96 Å². The Bertz CT molecular complexity index is 358. The molecule has 1 aliphatic rings. The minimum absolute atomic E-state index is 0.199. The zero-order valence-electron chi connectivity index (χ0n) is 14.6. The van der Waals surface area contributed by atoms with Crippen LogP contribution in [-0.2, 0) is 4.79 Å². The molecular formula is C16H32N4OS. The molecule has 1 saturated heterocycles. The highest BCUT2D eigenvalue weighted by Crippen LogP contribution is 2.21. The Kier molecular flexibility index (Phi) is 9.36. The van der Waals surface area contributed by atoms with Crippen molar-refractivity contribution < 1.29 is 4.79 Å². The quantitative estimate of drug-likeness (QED) is 0.574. The normalized spacial score (nSPS) is 19.2. The molecule has 1 atom stereocenters. The second kappa shape index (κ2) is 10.8. The highest BCUT2D eigenvalue weighted by atomic mass is 32.2. The lowest BCUT2D eigenvalue weighted by molar-refractivity contribution is -0.130. The highest BCUT2D eigenvalue weighted by molar-refractivity contribution is 8.00. The summed E-state index contributed by atoms with van der Waals surface area (Å²) in [7, 11) is 0. The first-order chi connectivity index (χ1) is 10.7. The number of thioether (sulfide) groups is 1. The van der Waals surface area contributed by atoms with Crippen molar-refractivity contribution in [2.24, 2.45) is 4.99 Å². The van der Waals surface area contributed by atoms with Crippen molar-refractivity contribution in [2.45, 2.75) is 45.8 Å². The van der Waals surface area contributed by atoms with E-state index in [0.29, 0.717) is 18.2 Å². The fourth-order valence-electron chi connectivity index (χ4n) is 2.58. The minimum Gasteiger partial charge on any atom is -0.357 e. The van der Waals surface area contributed by atoms with Gasteiger partial charge < -0.3 is 15.1 Å². The third-order valence-corrected chi connectivity index (χ3v) is 5.30. The molecule has 1 fully saturated rings. The first-order valence-electron chi connectivity index (χ1n) is 8.58. The molecule has 1 N–H and O–H groups in total. The molecule has 6 heteroatoms. The lowest BCUT2D eigenvalue weighted by atomic mass is 10.3. The molecule has 1 unspecified atom stereocenters. The third kappa shape index (κ3) is 6.07. The van der Waals surface area contributed by atoms with Crippen molar-refractivity contribution in [3.8, 4) is 0 Å². The van der Waals surface area contributed by atoms with Crippen LogP contribution in [-0.4, -0.2) is 71.9 Å². The van der Waals surface area contributed by atoms with Crippen LogP contribution in [0.1, 0.15) is 40.5 Å². The second-order valence-electron chi connectivity index (χ2n) is 5.40. The van der Waals surface area contributed by atoms with E-state index < -0.39 is 0 Å². The number of nitrogens with zero attached hydrogens (tertiary/aromatic N) is 3. The summed E-state index contributed by atoms with van der Waals surface area (Å²) in [6.07, 6.45) is 1.69. The van der Waals surface area contributed by atoms with E-state index >= 15 is 0 Å². The summed E-state index contributed by atoms with van der Waals surface area (Å²) in [6, 6.07) is 0. The van der Waals surface area contributed by atoms with Crippen LogP contribution in [0.5, 0.6) is 0 Å². The summed E-state index contributed by atoms with van der Waals surface area (Å²) in [4.78, 5) is 20.9. The van der Waals surface area contributed by atoms with Crippen molar-refractivity contribution >= 4 is 23.6 Å². The summed E-state index contributed by atoms with van der Waals surface area (Å²) < 4.78 is 0. The Balaban J connectivity index is 2.56. The molecular weight excluding hydrogens is 296 g/mol. The highest BCUT2D eigenvalue weighted by Gasteiger charge is 2.21. The predicted molar refractivity (Wildman–Crippen MR) is 96.6 cm³/mol. The molecule has 22 heavy (non-hydrogen) atoms. The number of carbonyl (C=O) groups is 1. The molecule has 5 nitrogen and oxygen atoms in total. The monoisotopic (exact) mass is 328 g/mol. The van der Waals surface area contributed by atoms with Gasteiger partial charge in [0.2, 0.25) is 5.91 Å². The number of guanidine groups is 1. The van der Waals surface area contributed by atoms with Crippen molar-refractivity contribution in [2.75, 3.05) is 45.0 Å². The van der Waals surface area contributed by atoms with E-state index in [1.54, 1.807) is 0 Å². The molecule has 1 rings (SSSR count). The number of rotatable bonds is 7. The maximum atomic E-state index is 12.0. The van der Waals surface area contributed by atoms with Gasteiger partial charge in [-0.1, -0.05) is 6.92 Å². The van der Waals surface area contributed by atoms with Gasteiger partial charge in [-0.2, -0.15) is 11.8 Å². The number of nitrogens with one attached hydrogen (secondary N) is 1. The van der Waals surface area contributed by atoms with Crippen LogP contribution in [0.15, 0.2) is 4.99 Å². The molecule has 1 amide bonds. The Morgan fingerprint density at radius 1 is 1.32 bits per heavy atom. The van der Waals surface area contributed by atoms with Crippen LogP contribution >= 0.6 is 11.8 Å². The number of amides is 1. The molecule has 0 aromatic rings. The zero-order chi connectivity index (χ0) is 16.4. The Morgan fingerprint density at radius 2 is 2.05 bits per heavy atom. The molecule has 0 saturated carbocycles. The molecule has 1 heterocycles. The van der Waals surface area contributed by atoms with E-state index in [0.717, 1.165) is 44.4 Å². The lowest BCUT2D eigenvalue weighted by Crippen LogP contribution is -2.48. The average Bonchev–Trinajstić information content (AvgIpc) is 2.55. The van der Waals surface area contributed by atoms with Gasteiger partial charge in [0.25, 0.3) is 0 Å². The van der Waals surface area contributed by atoms with Gasteiger partial charge >= 0.3 is 0 Å². The van der Waals surface area contributed by atoms with Gasteiger partial charge in [-0.05, 0) is 27.2 Å². The SMILES string of the molecule is CCNC(=NCCC(=O)N(CC)CC)N1CCSC(CC)C1. The van der Waals surface area contributed by atoms with Gasteiger partial charge in [0, 0.05) is 50.1 Å². The first kappa shape index (κ1) is 19.1. The molecule has 0 bridgehead atoms. The molecule has 0 aromatic carbocycles. The van der Waals surface area contributed by atoms with Crippen molar-refractivity contribution in [3.63, 3.8) is 0 Å². The van der Waals surface area contributed by atoms with E-state index in [9.17, 15) is 4.79 Å². The third-order valence-electron chi connectivity index (χ3n) is 3.93. The van der Waals surface area contributed by atoms with Crippen molar-refractivity contribution in [3.05, 3.63) is 0 Å². The minimum atomic E-state index is 0.199. The number of carbonyl (C=O) groups excluding carboxylic acids is 1. The fraction of sp³-hybridized carbons (Fsp3) is 0.875. The molecule has 1 aliphatic heterocycles. The summed E-state index contributed by atoms with van der Waals surface area (Å²) in [5.41, 5.74) is 0. The van der Waals surface area contributed by atoms with E-state index in [1.165, 1.54) is 6.42 Å². The maximum Gasteiger partial charge on any atom is 0.224 e. The first-order valence-corrected chi connectivity index (χ1v) is 9.63. The van der Waals surface area contributed by atoms with Crippen LogP contribution in [0, 0.1) is 0 Å². The summed E-state index contributed by atoms with van der Waals surface area (Å²) in [5, 5.41) is 4.06. The summed E-state index contributed by atoms with van der Waals surface area (Å²) in [6.45, 7) is 13.5. The van der Waals surface area contributed by atoms with Crippen LogP contribution in [0.25, 0.3) is 0 Å². The number of aliphatic imine (C=N–C) groups is 1. The maximum absolute atomic E-state index is 12.0. The molecule has 0 aromatic heterocycles. The van der Waals surface area contributed by atoms with E-state index in [-0.39, 0.29) is 5.91 Å². The van der Waals surface area contributed by atoms with E-state index in [2.05, 4.69) is 40.8 Å². The second-order valence-corrected chi connectivity index (χ2v) is 6.81. The van der Waals surface area contributed by atoms with E-state index in [4.69, 9.17) is 0 Å². The van der Waals surface area contributed by atoms with Gasteiger partial charge in [-0.3, -0.25) is 9.79 Å². The van der Waals surface area contributed by atoms with Gasteiger partial charge in [0.05, 0.1) is 6.54 Å². The van der Waals surface area contributed by atoms with Crippen LogP contribution in [0.2, 0.25) is 0 Å². The zero-order valence-corrected chi connectivity index (χ0v) is 15.4. The van der Waals surface area contributed by atoms with Crippen molar-refractivity contribution in [1.82, 2.24) is 15.1 Å². The van der Waals surface area contributed by atoms with Crippen LogP contribution < -0.4 is 5.32 Å². The lowest BCUT2D eigenvalue weighted by Gasteiger charge is -2.34. The molecule has 0 spiro atoms. The Hall–Kier alpha value is -0.910. The molecule has 0 radical (unpaired) electrons. The van der Waals surface area contributed by atoms with Gasteiger partial charge in [-0.15, -0.1) is 0 Å². The average molecular weight is 329 g/mol. The van der Waals surface area contributed by atoms with Crippen LogP contribution in [0.3, 0.4) is 0 Å². The summed E-state index contributed by atoms with van der Waals surface area (Å²) >= 11 is 2.06. The Labute approximate surface area is 139 Å². The number of hydrogen-bond donors (Lipinski definition) is 1. The van der Waals surface area contributed by atoms with E-state index in [1.807, 2.05) is 18.7 Å². The van der Waals surface area contributed by atoms with Crippen LogP contribution in [0.4, 0.5) is 0 Å². The topological polar surface area (TPSA) is 47.9 Å². The summed E-state index contributed by atoms with van der Waals surface area (Å²) in [5.74, 6) is 2.32. The van der Waals surface area contributed by atoms with Gasteiger partial charge in [0.1, 0.15) is 0 Å². The molecule has 0 aliphatic carbocycles. The molecule has 128 valence electrons. The fourth-order valence-corrected chi connectivity index (χ4v) is 3.76.